The average molecular weight is 287 g/mol. The van der Waals surface area contributed by atoms with Gasteiger partial charge < -0.3 is 16.4 Å². The van der Waals surface area contributed by atoms with Gasteiger partial charge in [0.15, 0.2) is 0 Å². The molecule has 0 bridgehead atoms. The van der Waals surface area contributed by atoms with E-state index >= 15 is 0 Å². The molecule has 1 amide bonds. The van der Waals surface area contributed by atoms with Crippen LogP contribution in [0.1, 0.15) is 19.4 Å². The van der Waals surface area contributed by atoms with Gasteiger partial charge in [0.05, 0.1) is 6.54 Å². The maximum atomic E-state index is 13.6. The molecular formula is C12H15F2N3OS. The smallest absolute Gasteiger partial charge is 0.239 e. The third kappa shape index (κ3) is 4.44. The predicted molar refractivity (Wildman–Crippen MR) is 74.0 cm³/mol. The van der Waals surface area contributed by atoms with Crippen LogP contribution in [0.3, 0.4) is 0 Å². The molecule has 0 radical (unpaired) electrons. The van der Waals surface area contributed by atoms with Crippen molar-refractivity contribution in [2.45, 2.75) is 19.9 Å². The van der Waals surface area contributed by atoms with Crippen molar-refractivity contribution in [2.75, 3.05) is 11.9 Å². The quantitative estimate of drug-likeness (QED) is 0.719. The molecule has 0 fully saturated rings. The van der Waals surface area contributed by atoms with E-state index in [0.717, 1.165) is 12.1 Å². The lowest BCUT2D eigenvalue weighted by Gasteiger charge is -2.12. The summed E-state index contributed by atoms with van der Waals surface area (Å²) in [6, 6.07) is 2.00. The van der Waals surface area contributed by atoms with Crippen molar-refractivity contribution in [3.8, 4) is 0 Å². The molecule has 7 heteroatoms. The van der Waals surface area contributed by atoms with Crippen molar-refractivity contribution in [1.82, 2.24) is 5.32 Å². The molecule has 104 valence electrons. The van der Waals surface area contributed by atoms with Crippen LogP contribution in [0.5, 0.6) is 0 Å². The van der Waals surface area contributed by atoms with Gasteiger partial charge in [0, 0.05) is 11.6 Å². The first-order chi connectivity index (χ1) is 8.81. The highest BCUT2D eigenvalue weighted by atomic mass is 32.1. The fourth-order valence-corrected chi connectivity index (χ4v) is 1.54. The third-order valence-electron chi connectivity index (χ3n) is 2.20. The van der Waals surface area contributed by atoms with E-state index in [9.17, 15) is 13.6 Å². The van der Waals surface area contributed by atoms with Gasteiger partial charge >= 0.3 is 0 Å². The van der Waals surface area contributed by atoms with E-state index in [2.05, 4.69) is 22.9 Å². The molecule has 0 aliphatic carbocycles. The average Bonchev–Trinajstić information content (AvgIpc) is 2.26. The predicted octanol–water partition coefficient (Wildman–Crippen LogP) is 1.54. The Bertz CT molecular complexity index is 483. The van der Waals surface area contributed by atoms with Crippen LogP contribution in [0.4, 0.5) is 14.5 Å². The number of rotatable bonds is 5. The number of carbonyl (C=O) groups excluding carboxylic acids is 1. The van der Waals surface area contributed by atoms with Crippen molar-refractivity contribution < 1.29 is 13.6 Å². The summed E-state index contributed by atoms with van der Waals surface area (Å²) in [5.74, 6) is -2.05. The number of anilines is 1. The Balaban J connectivity index is 2.79. The minimum atomic E-state index is -0.847. The van der Waals surface area contributed by atoms with Gasteiger partial charge in [-0.3, -0.25) is 4.79 Å². The Morgan fingerprint density at radius 1 is 1.37 bits per heavy atom. The summed E-state index contributed by atoms with van der Waals surface area (Å²) in [4.78, 5) is 11.3. The molecule has 0 aromatic heterocycles. The van der Waals surface area contributed by atoms with Crippen LogP contribution in [-0.4, -0.2) is 23.5 Å². The van der Waals surface area contributed by atoms with Crippen molar-refractivity contribution in [1.29, 1.82) is 0 Å². The number of benzene rings is 1. The van der Waals surface area contributed by atoms with Gasteiger partial charge in [-0.15, -0.1) is 0 Å². The van der Waals surface area contributed by atoms with Crippen molar-refractivity contribution in [3.63, 3.8) is 0 Å². The molecule has 0 unspecified atom stereocenters. The van der Waals surface area contributed by atoms with Crippen LogP contribution < -0.4 is 16.4 Å². The van der Waals surface area contributed by atoms with Crippen LogP contribution in [0.25, 0.3) is 0 Å². The lowest BCUT2D eigenvalue weighted by molar-refractivity contribution is -0.119. The van der Waals surface area contributed by atoms with Crippen LogP contribution in [0.2, 0.25) is 0 Å². The SMILES string of the molecule is CC(C)NC(=O)CNc1c(F)cc(C(N)=S)cc1F. The lowest BCUT2D eigenvalue weighted by atomic mass is 10.2. The molecule has 0 aliphatic heterocycles. The first kappa shape index (κ1) is 15.3. The summed E-state index contributed by atoms with van der Waals surface area (Å²) in [5, 5.41) is 5.00. The van der Waals surface area contributed by atoms with Crippen molar-refractivity contribution >= 4 is 28.8 Å². The number of halogens is 2. The minimum absolute atomic E-state index is 0.0408. The Morgan fingerprint density at radius 3 is 2.32 bits per heavy atom. The molecule has 0 atom stereocenters. The number of nitrogens with two attached hydrogens (primary N) is 1. The van der Waals surface area contributed by atoms with Gasteiger partial charge in [-0.05, 0) is 26.0 Å². The molecule has 0 aliphatic rings. The zero-order chi connectivity index (χ0) is 14.6. The molecule has 0 spiro atoms. The zero-order valence-electron chi connectivity index (χ0n) is 10.6. The number of hydrogen-bond donors (Lipinski definition) is 3. The maximum Gasteiger partial charge on any atom is 0.239 e. The molecule has 1 aromatic carbocycles. The summed E-state index contributed by atoms with van der Waals surface area (Å²) in [5.41, 5.74) is 5.02. The van der Waals surface area contributed by atoms with Crippen LogP contribution in [0, 0.1) is 11.6 Å². The zero-order valence-corrected chi connectivity index (χ0v) is 11.4. The molecule has 19 heavy (non-hydrogen) atoms. The Morgan fingerprint density at radius 2 is 1.89 bits per heavy atom. The first-order valence-electron chi connectivity index (χ1n) is 5.63. The van der Waals surface area contributed by atoms with E-state index in [1.165, 1.54) is 0 Å². The molecule has 4 N–H and O–H groups in total. The summed E-state index contributed by atoms with van der Waals surface area (Å²) >= 11 is 4.64. The van der Waals surface area contributed by atoms with E-state index in [1.54, 1.807) is 13.8 Å². The Hall–Kier alpha value is -1.76. The summed E-state index contributed by atoms with van der Waals surface area (Å²) in [6.07, 6.45) is 0. The number of carbonyl (C=O) groups is 1. The molecule has 0 heterocycles. The highest BCUT2D eigenvalue weighted by molar-refractivity contribution is 7.80. The van der Waals surface area contributed by atoms with Gasteiger partial charge in [-0.2, -0.15) is 0 Å². The fraction of sp³-hybridized carbons (Fsp3) is 0.333. The number of hydrogen-bond acceptors (Lipinski definition) is 3. The van der Waals surface area contributed by atoms with Crippen molar-refractivity contribution in [3.05, 3.63) is 29.3 Å². The molecular weight excluding hydrogens is 272 g/mol. The van der Waals surface area contributed by atoms with Gasteiger partial charge in [-0.25, -0.2) is 8.78 Å². The standard InChI is InChI=1S/C12H15F2N3OS/c1-6(2)17-10(18)5-16-11-8(13)3-7(12(15)19)4-9(11)14/h3-4,6,16H,5H2,1-2H3,(H2,15,19)(H,17,18). The monoisotopic (exact) mass is 287 g/mol. The van der Waals surface area contributed by atoms with E-state index < -0.39 is 11.6 Å². The highest BCUT2D eigenvalue weighted by Crippen LogP contribution is 2.20. The molecule has 4 nitrogen and oxygen atoms in total. The van der Waals surface area contributed by atoms with Crippen LogP contribution in [0.15, 0.2) is 12.1 Å². The van der Waals surface area contributed by atoms with E-state index in [4.69, 9.17) is 5.73 Å². The molecule has 1 rings (SSSR count). The van der Waals surface area contributed by atoms with Gasteiger partial charge in [0.1, 0.15) is 22.3 Å². The highest BCUT2D eigenvalue weighted by Gasteiger charge is 2.13. The second kappa shape index (κ2) is 6.42. The fourth-order valence-electron chi connectivity index (χ4n) is 1.43. The van der Waals surface area contributed by atoms with Gasteiger partial charge in [-0.1, -0.05) is 12.2 Å². The van der Waals surface area contributed by atoms with Crippen LogP contribution in [-0.2, 0) is 4.79 Å². The van der Waals surface area contributed by atoms with E-state index in [1.807, 2.05) is 0 Å². The third-order valence-corrected chi connectivity index (χ3v) is 2.44. The number of amides is 1. The topological polar surface area (TPSA) is 67.2 Å². The minimum Gasteiger partial charge on any atom is -0.389 e. The second-order valence-electron chi connectivity index (χ2n) is 4.25. The van der Waals surface area contributed by atoms with Gasteiger partial charge in [0.25, 0.3) is 0 Å². The van der Waals surface area contributed by atoms with Crippen molar-refractivity contribution in [2.24, 2.45) is 5.73 Å². The summed E-state index contributed by atoms with van der Waals surface area (Å²) in [7, 11) is 0. The van der Waals surface area contributed by atoms with Crippen LogP contribution >= 0.6 is 12.2 Å². The largest absolute Gasteiger partial charge is 0.389 e. The maximum absolute atomic E-state index is 13.6. The lowest BCUT2D eigenvalue weighted by Crippen LogP contribution is -2.35. The number of nitrogens with one attached hydrogen (secondary N) is 2. The van der Waals surface area contributed by atoms with Gasteiger partial charge in [0.2, 0.25) is 5.91 Å². The second-order valence-corrected chi connectivity index (χ2v) is 4.69. The summed E-state index contributed by atoms with van der Waals surface area (Å²) in [6.45, 7) is 3.35. The Kier molecular flexibility index (Phi) is 5.17. The number of thiocarbonyl (C=S) groups is 1. The molecule has 0 saturated heterocycles. The molecule has 1 aromatic rings. The van der Waals surface area contributed by atoms with E-state index in [-0.39, 0.29) is 34.7 Å². The Labute approximate surface area is 115 Å². The first-order valence-corrected chi connectivity index (χ1v) is 6.04. The summed E-state index contributed by atoms with van der Waals surface area (Å²) < 4.78 is 27.3. The normalized spacial score (nSPS) is 10.4. The van der Waals surface area contributed by atoms with E-state index in [0.29, 0.717) is 0 Å². The molecule has 0 saturated carbocycles.